The molecular weight excluding hydrogens is 402 g/mol. The third-order valence-corrected chi connectivity index (χ3v) is 6.42. The van der Waals surface area contributed by atoms with E-state index in [-0.39, 0.29) is 12.0 Å². The van der Waals surface area contributed by atoms with Gasteiger partial charge in [-0.3, -0.25) is 4.79 Å². The van der Waals surface area contributed by atoms with Crippen LogP contribution in [-0.2, 0) is 16.1 Å². The van der Waals surface area contributed by atoms with Gasteiger partial charge in [-0.1, -0.05) is 55.1 Å². The summed E-state index contributed by atoms with van der Waals surface area (Å²) in [6.07, 6.45) is 4.90. The van der Waals surface area contributed by atoms with Crippen LogP contribution in [-0.4, -0.2) is 23.1 Å². The maximum absolute atomic E-state index is 11.9. The van der Waals surface area contributed by atoms with Crippen LogP contribution in [0.4, 0.5) is 0 Å². The summed E-state index contributed by atoms with van der Waals surface area (Å²) in [7, 11) is 0. The van der Waals surface area contributed by atoms with Crippen molar-refractivity contribution >= 4 is 39.9 Å². The molecule has 152 valence electrons. The van der Waals surface area contributed by atoms with Crippen molar-refractivity contribution in [2.24, 2.45) is 4.99 Å². The van der Waals surface area contributed by atoms with E-state index in [0.717, 1.165) is 27.7 Å². The molecule has 1 amide bonds. The van der Waals surface area contributed by atoms with Crippen LogP contribution < -0.4 is 4.74 Å². The Kier molecular flexibility index (Phi) is 7.98. The zero-order chi connectivity index (χ0) is 20.6. The summed E-state index contributed by atoms with van der Waals surface area (Å²) in [5, 5.41) is 0. The molecule has 0 saturated carbocycles. The zero-order valence-corrected chi connectivity index (χ0v) is 18.5. The Morgan fingerprint density at radius 3 is 2.41 bits per heavy atom. The number of thioether (sulfide) groups is 2. The lowest BCUT2D eigenvalue weighted by Crippen LogP contribution is -2.03. The van der Waals surface area contributed by atoms with Gasteiger partial charge in [-0.2, -0.15) is 4.99 Å². The average molecular weight is 428 g/mol. The number of nitrogens with zero attached hydrogens (tertiary/aromatic N) is 1. The van der Waals surface area contributed by atoms with Crippen molar-refractivity contribution in [3.63, 3.8) is 0 Å². The molecule has 1 unspecified atom stereocenters. The maximum atomic E-state index is 11.9. The summed E-state index contributed by atoms with van der Waals surface area (Å²) in [6.45, 7) is 5.37. The van der Waals surface area contributed by atoms with Crippen LogP contribution >= 0.6 is 23.5 Å². The first-order chi connectivity index (χ1) is 14.1. The number of aliphatic imine (C=N–C) groups is 1. The number of carbonyl (C=O) groups excluding carboxylic acids is 1. The van der Waals surface area contributed by atoms with Crippen molar-refractivity contribution in [3.8, 4) is 5.75 Å². The van der Waals surface area contributed by atoms with E-state index in [1.165, 1.54) is 29.1 Å². The molecule has 29 heavy (non-hydrogen) atoms. The van der Waals surface area contributed by atoms with E-state index in [4.69, 9.17) is 9.47 Å². The molecule has 1 aliphatic heterocycles. The predicted molar refractivity (Wildman–Crippen MR) is 123 cm³/mol. The fourth-order valence-corrected chi connectivity index (χ4v) is 4.36. The smallest absolute Gasteiger partial charge is 0.285 e. The molecule has 2 aromatic rings. The van der Waals surface area contributed by atoms with Gasteiger partial charge in [-0.25, -0.2) is 0 Å². The van der Waals surface area contributed by atoms with E-state index < -0.39 is 0 Å². The van der Waals surface area contributed by atoms with Crippen molar-refractivity contribution in [1.82, 2.24) is 0 Å². The fourth-order valence-electron chi connectivity index (χ4n) is 2.93. The molecule has 1 aliphatic rings. The van der Waals surface area contributed by atoms with Gasteiger partial charge in [-0.05, 0) is 54.5 Å². The Labute approximate surface area is 180 Å². The highest BCUT2D eigenvalue weighted by molar-refractivity contribution is 8.40. The molecular formula is C23H25NO3S2. The lowest BCUT2D eigenvalue weighted by atomic mass is 10.1. The van der Waals surface area contributed by atoms with Crippen LogP contribution in [0.25, 0.3) is 6.08 Å². The van der Waals surface area contributed by atoms with Gasteiger partial charge in [0, 0.05) is 6.61 Å². The van der Waals surface area contributed by atoms with Crippen molar-refractivity contribution in [3.05, 3.63) is 70.1 Å². The van der Waals surface area contributed by atoms with Crippen molar-refractivity contribution < 1.29 is 14.3 Å². The molecule has 0 fully saturated rings. The molecule has 2 aromatic carbocycles. The molecule has 0 aliphatic carbocycles. The van der Waals surface area contributed by atoms with Gasteiger partial charge in [-0.15, -0.1) is 11.8 Å². The lowest BCUT2D eigenvalue weighted by molar-refractivity contribution is -0.113. The van der Waals surface area contributed by atoms with Crippen LogP contribution in [0, 0.1) is 0 Å². The number of carbonyl (C=O) groups is 1. The minimum atomic E-state index is -0.169. The minimum absolute atomic E-state index is 0.152. The number of amides is 1. The average Bonchev–Trinajstić information content (AvgIpc) is 3.11. The molecule has 0 bridgehead atoms. The Morgan fingerprint density at radius 2 is 1.83 bits per heavy atom. The molecule has 0 aromatic heterocycles. The number of ether oxygens (including phenoxy) is 2. The van der Waals surface area contributed by atoms with Gasteiger partial charge < -0.3 is 9.47 Å². The summed E-state index contributed by atoms with van der Waals surface area (Å²) >= 11 is 2.90. The quantitative estimate of drug-likeness (QED) is 0.477. The standard InChI is InChI=1S/C23H25NO3S2/c1-4-20(26-5-2)18-10-6-17(7-11-18)15-27-19-12-8-16(9-13-19)14-21-22(25)24-23(28-3)29-21/h6-14,20H,4-5,15H2,1-3H3. The molecule has 6 heteroatoms. The number of rotatable bonds is 8. The van der Waals surface area contributed by atoms with Crippen LogP contribution in [0.15, 0.2) is 58.4 Å². The van der Waals surface area contributed by atoms with Gasteiger partial charge in [0.25, 0.3) is 5.91 Å². The normalized spacial score (nSPS) is 16.2. The SMILES string of the molecule is CCOC(CC)c1ccc(COc2ccc(C=C3SC(SC)=NC3=O)cc2)cc1. The Bertz CT molecular complexity index is 889. The predicted octanol–water partition coefficient (Wildman–Crippen LogP) is 6.09. The zero-order valence-electron chi connectivity index (χ0n) is 16.9. The largest absolute Gasteiger partial charge is 0.489 e. The molecule has 1 heterocycles. The Morgan fingerprint density at radius 1 is 1.10 bits per heavy atom. The first kappa shape index (κ1) is 21.7. The monoisotopic (exact) mass is 427 g/mol. The third kappa shape index (κ3) is 5.98. The second-order valence-electron chi connectivity index (χ2n) is 6.45. The molecule has 3 rings (SSSR count). The maximum Gasteiger partial charge on any atom is 0.285 e. The van der Waals surface area contributed by atoms with E-state index in [1.807, 2.05) is 43.5 Å². The van der Waals surface area contributed by atoms with Gasteiger partial charge in [0.15, 0.2) is 0 Å². The molecule has 1 atom stereocenters. The van der Waals surface area contributed by atoms with E-state index in [0.29, 0.717) is 18.1 Å². The topological polar surface area (TPSA) is 47.9 Å². The summed E-state index contributed by atoms with van der Waals surface area (Å²) in [5.41, 5.74) is 3.26. The van der Waals surface area contributed by atoms with E-state index in [1.54, 1.807) is 0 Å². The first-order valence-electron chi connectivity index (χ1n) is 9.62. The molecule has 4 nitrogen and oxygen atoms in total. The Balaban J connectivity index is 1.56. The number of benzene rings is 2. The summed E-state index contributed by atoms with van der Waals surface area (Å²) in [6, 6.07) is 16.1. The van der Waals surface area contributed by atoms with Gasteiger partial charge in [0.1, 0.15) is 16.7 Å². The van der Waals surface area contributed by atoms with Crippen molar-refractivity contribution in [2.75, 3.05) is 12.9 Å². The number of hydrogen-bond donors (Lipinski definition) is 0. The molecule has 0 N–H and O–H groups in total. The molecule has 0 radical (unpaired) electrons. The van der Waals surface area contributed by atoms with Gasteiger partial charge >= 0.3 is 0 Å². The highest BCUT2D eigenvalue weighted by Crippen LogP contribution is 2.32. The highest BCUT2D eigenvalue weighted by atomic mass is 32.2. The van der Waals surface area contributed by atoms with Crippen LogP contribution in [0.1, 0.15) is 43.1 Å². The van der Waals surface area contributed by atoms with Gasteiger partial charge in [0.05, 0.1) is 11.0 Å². The number of hydrogen-bond acceptors (Lipinski definition) is 5. The van der Waals surface area contributed by atoms with Gasteiger partial charge in [0.2, 0.25) is 0 Å². The highest BCUT2D eigenvalue weighted by Gasteiger charge is 2.20. The van der Waals surface area contributed by atoms with Crippen molar-refractivity contribution in [1.29, 1.82) is 0 Å². The van der Waals surface area contributed by atoms with Crippen LogP contribution in [0.2, 0.25) is 0 Å². The second-order valence-corrected chi connectivity index (χ2v) is 8.53. The lowest BCUT2D eigenvalue weighted by Gasteiger charge is -2.15. The fraction of sp³-hybridized carbons (Fsp3) is 0.304. The minimum Gasteiger partial charge on any atom is -0.489 e. The van der Waals surface area contributed by atoms with Crippen LogP contribution in [0.5, 0.6) is 5.75 Å². The summed E-state index contributed by atoms with van der Waals surface area (Å²) in [4.78, 5) is 16.5. The van der Waals surface area contributed by atoms with Crippen molar-refractivity contribution in [2.45, 2.75) is 33.0 Å². The third-order valence-electron chi connectivity index (χ3n) is 4.45. The van der Waals surface area contributed by atoms with Crippen LogP contribution in [0.3, 0.4) is 0 Å². The second kappa shape index (κ2) is 10.7. The molecule has 0 saturated heterocycles. The summed E-state index contributed by atoms with van der Waals surface area (Å²) < 4.78 is 12.4. The first-order valence-corrected chi connectivity index (χ1v) is 11.7. The Hall–Kier alpha value is -2.02. The molecule has 0 spiro atoms. The van der Waals surface area contributed by atoms with E-state index >= 15 is 0 Å². The summed E-state index contributed by atoms with van der Waals surface area (Å²) in [5.74, 6) is 0.626. The van der Waals surface area contributed by atoms with E-state index in [9.17, 15) is 4.79 Å². The van der Waals surface area contributed by atoms with E-state index in [2.05, 4.69) is 36.2 Å².